The second-order valence-electron chi connectivity index (χ2n) is 4.42. The molecule has 0 spiro atoms. The molecule has 3 rings (SSSR count). The smallest absolute Gasteiger partial charge is 0.353 e. The van der Waals surface area contributed by atoms with Crippen molar-refractivity contribution in [3.63, 3.8) is 0 Å². The molecule has 0 bridgehead atoms. The van der Waals surface area contributed by atoms with Crippen LogP contribution in [0, 0.1) is 0 Å². The largest absolute Gasteiger partial charge is 0.477 e. The molecule has 100 valence electrons. The fourth-order valence-corrected chi connectivity index (χ4v) is 3.24. The van der Waals surface area contributed by atoms with Crippen molar-refractivity contribution in [2.24, 2.45) is 7.05 Å². The van der Waals surface area contributed by atoms with Crippen molar-refractivity contribution in [2.45, 2.75) is 0 Å². The minimum atomic E-state index is -1.10. The van der Waals surface area contributed by atoms with Crippen LogP contribution >= 0.6 is 11.3 Å². The Balaban J connectivity index is 2.55. The van der Waals surface area contributed by atoms with Gasteiger partial charge >= 0.3 is 5.97 Å². The third-order valence-electron chi connectivity index (χ3n) is 3.27. The van der Waals surface area contributed by atoms with Crippen molar-refractivity contribution >= 4 is 27.4 Å². The molecule has 0 saturated carbocycles. The third-order valence-corrected chi connectivity index (χ3v) is 4.17. The number of thiophene rings is 1. The van der Waals surface area contributed by atoms with E-state index in [0.29, 0.717) is 15.6 Å². The average Bonchev–Trinajstić information content (AvgIpc) is 2.92. The van der Waals surface area contributed by atoms with Crippen LogP contribution in [0.25, 0.3) is 21.2 Å². The molecular formula is C15H11NO3S. The van der Waals surface area contributed by atoms with E-state index in [2.05, 4.69) is 0 Å². The minimum absolute atomic E-state index is 0.0205. The summed E-state index contributed by atoms with van der Waals surface area (Å²) in [7, 11) is 1.50. The van der Waals surface area contributed by atoms with Crippen molar-refractivity contribution in [2.75, 3.05) is 0 Å². The molecule has 0 amide bonds. The molecule has 0 aliphatic heterocycles. The Morgan fingerprint density at radius 1 is 1.20 bits per heavy atom. The Morgan fingerprint density at radius 3 is 2.55 bits per heavy atom. The maximum atomic E-state index is 12.2. The van der Waals surface area contributed by atoms with E-state index in [4.69, 9.17) is 0 Å². The van der Waals surface area contributed by atoms with E-state index in [-0.39, 0.29) is 11.3 Å². The first-order valence-electron chi connectivity index (χ1n) is 6.00. The molecule has 0 fully saturated rings. The summed E-state index contributed by atoms with van der Waals surface area (Å²) >= 11 is 1.33. The molecule has 3 aromatic rings. The minimum Gasteiger partial charge on any atom is -0.477 e. The predicted molar refractivity (Wildman–Crippen MR) is 79.5 cm³/mol. The molecule has 0 atom stereocenters. The van der Waals surface area contributed by atoms with E-state index in [1.54, 1.807) is 6.07 Å². The van der Waals surface area contributed by atoms with Crippen LogP contribution < -0.4 is 5.56 Å². The summed E-state index contributed by atoms with van der Waals surface area (Å²) in [5.74, 6) is -1.10. The van der Waals surface area contributed by atoms with Gasteiger partial charge in [0.1, 0.15) is 10.4 Å². The van der Waals surface area contributed by atoms with Crippen LogP contribution in [0.2, 0.25) is 0 Å². The van der Waals surface area contributed by atoms with Gasteiger partial charge in [0.2, 0.25) is 0 Å². The van der Waals surface area contributed by atoms with Gasteiger partial charge in [-0.15, -0.1) is 11.3 Å². The van der Waals surface area contributed by atoms with Crippen molar-refractivity contribution in [1.82, 2.24) is 4.57 Å². The predicted octanol–water partition coefficient (Wildman–Crippen LogP) is 2.97. The highest BCUT2D eigenvalue weighted by molar-refractivity contribution is 7.17. The summed E-state index contributed by atoms with van der Waals surface area (Å²) in [4.78, 5) is 23.8. The average molecular weight is 285 g/mol. The summed E-state index contributed by atoms with van der Waals surface area (Å²) in [6.07, 6.45) is 0. The fraction of sp³-hybridized carbons (Fsp3) is 0.0667. The van der Waals surface area contributed by atoms with Gasteiger partial charge in [0.25, 0.3) is 5.56 Å². The highest BCUT2D eigenvalue weighted by Gasteiger charge is 2.21. The van der Waals surface area contributed by atoms with Gasteiger partial charge < -0.3 is 9.67 Å². The van der Waals surface area contributed by atoms with Crippen molar-refractivity contribution in [1.29, 1.82) is 0 Å². The lowest BCUT2D eigenvalue weighted by molar-refractivity contribution is 0.0686. The molecule has 20 heavy (non-hydrogen) atoms. The van der Waals surface area contributed by atoms with E-state index < -0.39 is 5.97 Å². The molecule has 2 aromatic heterocycles. The summed E-state index contributed by atoms with van der Waals surface area (Å²) in [6.45, 7) is 0. The van der Waals surface area contributed by atoms with Crippen LogP contribution in [0.4, 0.5) is 0 Å². The van der Waals surface area contributed by atoms with Gasteiger partial charge in [-0.25, -0.2) is 4.79 Å². The summed E-state index contributed by atoms with van der Waals surface area (Å²) < 4.78 is 1.79. The number of rotatable bonds is 2. The number of fused-ring (bicyclic) bond motifs is 1. The topological polar surface area (TPSA) is 59.3 Å². The lowest BCUT2D eigenvalue weighted by atomic mass is 10.00. The number of carboxylic acid groups (broad SMARTS) is 1. The molecule has 5 heteroatoms. The van der Waals surface area contributed by atoms with Crippen LogP contribution in [0.3, 0.4) is 0 Å². The SMILES string of the molecule is Cn1c(C(=O)O)c(-c2ccccc2)c2ccsc2c1=O. The second kappa shape index (κ2) is 4.61. The molecule has 0 aliphatic rings. The maximum absolute atomic E-state index is 12.2. The number of hydrogen-bond donors (Lipinski definition) is 1. The van der Waals surface area contributed by atoms with Crippen LogP contribution in [0.15, 0.2) is 46.6 Å². The van der Waals surface area contributed by atoms with Crippen LogP contribution in [0.5, 0.6) is 0 Å². The summed E-state index contributed by atoms with van der Waals surface area (Å²) in [5.41, 5.74) is 1.14. The zero-order valence-electron chi connectivity index (χ0n) is 10.7. The number of pyridine rings is 1. The third kappa shape index (κ3) is 1.75. The highest BCUT2D eigenvalue weighted by atomic mass is 32.1. The van der Waals surface area contributed by atoms with Crippen LogP contribution in [-0.4, -0.2) is 15.6 Å². The van der Waals surface area contributed by atoms with E-state index in [9.17, 15) is 14.7 Å². The molecule has 1 aromatic carbocycles. The molecular weight excluding hydrogens is 274 g/mol. The van der Waals surface area contributed by atoms with Crippen LogP contribution in [0.1, 0.15) is 10.5 Å². The van der Waals surface area contributed by atoms with Gasteiger partial charge in [-0.05, 0) is 17.0 Å². The number of carbonyl (C=O) groups is 1. The Labute approximate surface area is 118 Å². The van der Waals surface area contributed by atoms with E-state index in [1.165, 1.54) is 23.0 Å². The number of aromatic nitrogens is 1. The Bertz CT molecular complexity index is 862. The Kier molecular flexibility index (Phi) is 2.91. The zero-order chi connectivity index (χ0) is 14.3. The number of hydrogen-bond acceptors (Lipinski definition) is 3. The normalized spacial score (nSPS) is 10.8. The first kappa shape index (κ1) is 12.6. The van der Waals surface area contributed by atoms with Crippen LogP contribution in [-0.2, 0) is 7.05 Å². The molecule has 2 heterocycles. The zero-order valence-corrected chi connectivity index (χ0v) is 11.5. The van der Waals surface area contributed by atoms with E-state index >= 15 is 0 Å². The molecule has 0 radical (unpaired) electrons. The monoisotopic (exact) mass is 285 g/mol. The van der Waals surface area contributed by atoms with Gasteiger partial charge in [0.15, 0.2) is 0 Å². The second-order valence-corrected chi connectivity index (χ2v) is 5.34. The summed E-state index contributed by atoms with van der Waals surface area (Å²) in [5, 5.41) is 12.0. The molecule has 4 nitrogen and oxygen atoms in total. The van der Waals surface area contributed by atoms with Gasteiger partial charge in [0.05, 0.1) is 0 Å². The first-order chi connectivity index (χ1) is 9.61. The standard InChI is InChI=1S/C15H11NO3S/c1-16-12(15(18)19)11(9-5-3-2-4-6-9)10-7-8-20-13(10)14(16)17/h2-8H,1H3,(H,18,19). The molecule has 0 saturated heterocycles. The molecule has 0 unspecified atom stereocenters. The lowest BCUT2D eigenvalue weighted by Gasteiger charge is -2.12. The highest BCUT2D eigenvalue weighted by Crippen LogP contribution is 2.32. The number of nitrogens with zero attached hydrogens (tertiary/aromatic N) is 1. The van der Waals surface area contributed by atoms with Crippen molar-refractivity contribution < 1.29 is 9.90 Å². The van der Waals surface area contributed by atoms with Gasteiger partial charge in [0, 0.05) is 18.0 Å². The quantitative estimate of drug-likeness (QED) is 0.787. The van der Waals surface area contributed by atoms with Gasteiger partial charge in [-0.1, -0.05) is 30.3 Å². The molecule has 0 aliphatic carbocycles. The number of carboxylic acids is 1. The van der Waals surface area contributed by atoms with E-state index in [1.807, 2.05) is 35.7 Å². The molecule has 1 N–H and O–H groups in total. The number of aromatic carboxylic acids is 1. The lowest BCUT2D eigenvalue weighted by Crippen LogP contribution is -2.23. The maximum Gasteiger partial charge on any atom is 0.353 e. The van der Waals surface area contributed by atoms with Crippen molar-refractivity contribution in [3.8, 4) is 11.1 Å². The Hall–Kier alpha value is -2.40. The van der Waals surface area contributed by atoms with Gasteiger partial charge in [-0.2, -0.15) is 0 Å². The Morgan fingerprint density at radius 2 is 1.90 bits per heavy atom. The van der Waals surface area contributed by atoms with Crippen molar-refractivity contribution in [3.05, 3.63) is 57.8 Å². The number of benzene rings is 1. The van der Waals surface area contributed by atoms with Gasteiger partial charge in [-0.3, -0.25) is 4.79 Å². The van der Waals surface area contributed by atoms with E-state index in [0.717, 1.165) is 5.56 Å². The first-order valence-corrected chi connectivity index (χ1v) is 6.88. The fourth-order valence-electron chi connectivity index (χ4n) is 2.37. The summed E-state index contributed by atoms with van der Waals surface area (Å²) in [6, 6.07) is 11.1.